The second-order valence-electron chi connectivity index (χ2n) is 4.47. The van der Waals surface area contributed by atoms with E-state index in [9.17, 15) is 4.79 Å². The van der Waals surface area contributed by atoms with Gasteiger partial charge >= 0.3 is 5.97 Å². The van der Waals surface area contributed by atoms with Crippen molar-refractivity contribution in [2.24, 2.45) is 0 Å². The summed E-state index contributed by atoms with van der Waals surface area (Å²) in [4.78, 5) is 11.4. The summed E-state index contributed by atoms with van der Waals surface area (Å²) in [5.74, 6) is 1.03. The van der Waals surface area contributed by atoms with Crippen LogP contribution in [0, 0.1) is 0 Å². The second-order valence-corrected chi connectivity index (χ2v) is 6.02. The van der Waals surface area contributed by atoms with Crippen LogP contribution in [0.15, 0.2) is 0 Å². The van der Waals surface area contributed by atoms with Crippen LogP contribution < -0.4 is 0 Å². The summed E-state index contributed by atoms with van der Waals surface area (Å²) in [7, 11) is 0. The zero-order chi connectivity index (χ0) is 11.2. The Hall–Kier alpha value is -0.180. The molecule has 0 bridgehead atoms. The van der Waals surface area contributed by atoms with E-state index in [1.807, 2.05) is 32.5 Å². The molecule has 1 atom stereocenters. The number of hydrogen-bond acceptors (Lipinski definition) is 3. The Bertz CT molecular complexity index is 173. The third kappa shape index (κ3) is 8.42. The first-order chi connectivity index (χ1) is 6.35. The van der Waals surface area contributed by atoms with Crippen LogP contribution in [0.25, 0.3) is 0 Å². The van der Waals surface area contributed by atoms with Crippen molar-refractivity contribution in [2.75, 3.05) is 5.75 Å². The monoisotopic (exact) mass is 218 g/mol. The fourth-order valence-corrected chi connectivity index (χ4v) is 1.89. The predicted molar refractivity (Wildman–Crippen MR) is 62.7 cm³/mol. The molecule has 0 amide bonds. The van der Waals surface area contributed by atoms with Gasteiger partial charge in [0.1, 0.15) is 5.60 Å². The number of carbonyl (C=O) groups excluding carboxylic acids is 1. The highest BCUT2D eigenvalue weighted by Gasteiger charge is 2.18. The van der Waals surface area contributed by atoms with Gasteiger partial charge in [0.25, 0.3) is 0 Å². The lowest BCUT2D eigenvalue weighted by Gasteiger charge is -2.20. The summed E-state index contributed by atoms with van der Waals surface area (Å²) in [6.07, 6.45) is 1.67. The molecule has 0 saturated carbocycles. The lowest BCUT2D eigenvalue weighted by molar-refractivity contribution is -0.154. The van der Waals surface area contributed by atoms with Crippen molar-refractivity contribution < 1.29 is 9.53 Å². The predicted octanol–water partition coefficient (Wildman–Crippen LogP) is 3.25. The summed E-state index contributed by atoms with van der Waals surface area (Å²) in [5.41, 5.74) is -0.355. The highest BCUT2D eigenvalue weighted by atomic mass is 32.2. The fraction of sp³-hybridized carbons (Fsp3) is 0.909. The molecule has 0 aliphatic heterocycles. The number of thioether (sulfide) groups is 1. The van der Waals surface area contributed by atoms with Crippen LogP contribution in [0.2, 0.25) is 0 Å². The third-order valence-corrected chi connectivity index (χ3v) is 2.86. The van der Waals surface area contributed by atoms with Gasteiger partial charge < -0.3 is 4.74 Å². The Labute approximate surface area is 91.8 Å². The first kappa shape index (κ1) is 13.8. The minimum atomic E-state index is -0.355. The first-order valence-corrected chi connectivity index (χ1v) is 6.23. The Kier molecular flexibility index (Phi) is 6.25. The van der Waals surface area contributed by atoms with Gasteiger partial charge in [0.2, 0.25) is 0 Å². The van der Waals surface area contributed by atoms with Crippen molar-refractivity contribution in [2.45, 2.75) is 58.3 Å². The molecule has 0 aliphatic carbocycles. The van der Waals surface area contributed by atoms with Crippen LogP contribution in [0.1, 0.15) is 47.5 Å². The smallest absolute Gasteiger partial charge is 0.307 e. The van der Waals surface area contributed by atoms with Crippen LogP contribution >= 0.6 is 11.8 Å². The summed E-state index contributed by atoms with van der Waals surface area (Å²) in [6, 6.07) is 0. The van der Waals surface area contributed by atoms with Crippen LogP contribution in [0.5, 0.6) is 0 Å². The Morgan fingerprint density at radius 2 is 2.00 bits per heavy atom. The molecule has 0 rings (SSSR count). The minimum Gasteiger partial charge on any atom is -0.460 e. The highest BCUT2D eigenvalue weighted by Crippen LogP contribution is 2.17. The van der Waals surface area contributed by atoms with Crippen molar-refractivity contribution in [1.29, 1.82) is 0 Å². The maximum atomic E-state index is 11.4. The van der Waals surface area contributed by atoms with E-state index in [0.29, 0.717) is 11.7 Å². The quantitative estimate of drug-likeness (QED) is 0.663. The molecule has 2 nitrogen and oxygen atoms in total. The topological polar surface area (TPSA) is 26.3 Å². The molecule has 0 saturated heterocycles. The molecule has 0 fully saturated rings. The van der Waals surface area contributed by atoms with Crippen LogP contribution in [-0.2, 0) is 9.53 Å². The molecule has 84 valence electrons. The second kappa shape index (κ2) is 6.33. The first-order valence-electron chi connectivity index (χ1n) is 5.18. The van der Waals surface area contributed by atoms with E-state index in [0.717, 1.165) is 12.2 Å². The average molecular weight is 218 g/mol. The van der Waals surface area contributed by atoms with E-state index in [1.165, 1.54) is 0 Å². The molecule has 0 spiro atoms. The van der Waals surface area contributed by atoms with E-state index in [4.69, 9.17) is 4.74 Å². The molecule has 3 heteroatoms. The SMILES string of the molecule is CCCS[C@@H](C)CC(=O)OC(C)(C)C. The minimum absolute atomic E-state index is 0.0893. The van der Waals surface area contributed by atoms with E-state index >= 15 is 0 Å². The normalized spacial score (nSPS) is 13.8. The molecule has 0 aromatic rings. The summed E-state index contributed by atoms with van der Waals surface area (Å²) in [5, 5.41) is 0.366. The lowest BCUT2D eigenvalue weighted by atomic mass is 10.2. The van der Waals surface area contributed by atoms with Gasteiger partial charge in [-0.1, -0.05) is 13.8 Å². The molecule has 0 aromatic heterocycles. The van der Waals surface area contributed by atoms with Crippen LogP contribution in [0.3, 0.4) is 0 Å². The summed E-state index contributed by atoms with van der Waals surface area (Å²) >= 11 is 1.83. The molecule has 0 aromatic carbocycles. The molecule has 0 aliphatic rings. The zero-order valence-electron chi connectivity index (χ0n) is 9.92. The Balaban J connectivity index is 3.71. The number of rotatable bonds is 5. The van der Waals surface area contributed by atoms with Crippen molar-refractivity contribution in [3.05, 3.63) is 0 Å². The number of hydrogen-bond donors (Lipinski definition) is 0. The molecule has 14 heavy (non-hydrogen) atoms. The zero-order valence-corrected chi connectivity index (χ0v) is 10.7. The fourth-order valence-electron chi connectivity index (χ4n) is 0.996. The molecular weight excluding hydrogens is 196 g/mol. The van der Waals surface area contributed by atoms with Gasteiger partial charge in [-0.3, -0.25) is 4.79 Å². The van der Waals surface area contributed by atoms with Crippen LogP contribution in [0.4, 0.5) is 0 Å². The molecule has 0 radical (unpaired) electrons. The van der Waals surface area contributed by atoms with Crippen molar-refractivity contribution in [1.82, 2.24) is 0 Å². The van der Waals surface area contributed by atoms with E-state index in [2.05, 4.69) is 13.8 Å². The van der Waals surface area contributed by atoms with Gasteiger partial charge in [0.05, 0.1) is 6.42 Å². The van der Waals surface area contributed by atoms with E-state index in [1.54, 1.807) is 0 Å². The van der Waals surface area contributed by atoms with Gasteiger partial charge in [-0.15, -0.1) is 0 Å². The maximum Gasteiger partial charge on any atom is 0.307 e. The van der Waals surface area contributed by atoms with E-state index in [-0.39, 0.29) is 11.6 Å². The van der Waals surface area contributed by atoms with Crippen molar-refractivity contribution in [3.63, 3.8) is 0 Å². The third-order valence-electron chi connectivity index (χ3n) is 1.48. The Morgan fingerprint density at radius 3 is 2.43 bits per heavy atom. The molecular formula is C11H22O2S. The molecule has 0 unspecified atom stereocenters. The summed E-state index contributed by atoms with van der Waals surface area (Å²) < 4.78 is 5.24. The van der Waals surface area contributed by atoms with Gasteiger partial charge in [-0.05, 0) is 32.9 Å². The van der Waals surface area contributed by atoms with Crippen LogP contribution in [-0.4, -0.2) is 22.6 Å². The van der Waals surface area contributed by atoms with Gasteiger partial charge in [-0.25, -0.2) is 0 Å². The van der Waals surface area contributed by atoms with Gasteiger partial charge in [-0.2, -0.15) is 11.8 Å². The van der Waals surface area contributed by atoms with Crippen molar-refractivity contribution >= 4 is 17.7 Å². The van der Waals surface area contributed by atoms with Crippen molar-refractivity contribution in [3.8, 4) is 0 Å². The Morgan fingerprint density at radius 1 is 1.43 bits per heavy atom. The highest BCUT2D eigenvalue weighted by molar-refractivity contribution is 7.99. The number of esters is 1. The molecule has 0 N–H and O–H groups in total. The number of ether oxygens (including phenoxy) is 1. The lowest BCUT2D eigenvalue weighted by Crippen LogP contribution is -2.25. The maximum absolute atomic E-state index is 11.4. The standard InChI is InChI=1S/C11H22O2S/c1-6-7-14-9(2)8-10(12)13-11(3,4)5/h9H,6-8H2,1-5H3/t9-/m0/s1. The van der Waals surface area contributed by atoms with Gasteiger partial charge in [0.15, 0.2) is 0 Å². The number of carbonyl (C=O) groups is 1. The van der Waals surface area contributed by atoms with E-state index < -0.39 is 0 Å². The average Bonchev–Trinajstić information content (AvgIpc) is 1.96. The molecule has 0 heterocycles. The summed E-state index contributed by atoms with van der Waals surface area (Å²) in [6.45, 7) is 9.91. The van der Waals surface area contributed by atoms with Gasteiger partial charge in [0, 0.05) is 5.25 Å². The largest absolute Gasteiger partial charge is 0.460 e.